The molecular weight excluding hydrogens is 324 g/mol. The number of nitrogens with one attached hydrogen (secondary N) is 2. The molecular formula is C17H34N4O2S. The summed E-state index contributed by atoms with van der Waals surface area (Å²) in [5.41, 5.74) is 0.0301. The molecule has 0 spiro atoms. The van der Waals surface area contributed by atoms with Gasteiger partial charge in [-0.05, 0) is 38.5 Å². The van der Waals surface area contributed by atoms with Crippen molar-refractivity contribution in [3.8, 4) is 0 Å². The summed E-state index contributed by atoms with van der Waals surface area (Å²) in [5.74, 6) is 2.64. The Morgan fingerprint density at radius 1 is 1.25 bits per heavy atom. The maximum absolute atomic E-state index is 11.6. The minimum absolute atomic E-state index is 0.0284. The number of rotatable bonds is 4. The van der Waals surface area contributed by atoms with E-state index in [0.717, 1.165) is 31.5 Å². The summed E-state index contributed by atoms with van der Waals surface area (Å²) in [6, 6.07) is -0.0284. The van der Waals surface area contributed by atoms with Crippen molar-refractivity contribution in [2.24, 2.45) is 16.8 Å². The van der Waals surface area contributed by atoms with Gasteiger partial charge in [-0.15, -0.1) is 0 Å². The molecule has 0 aromatic heterocycles. The van der Waals surface area contributed by atoms with Crippen molar-refractivity contribution in [3.05, 3.63) is 0 Å². The summed E-state index contributed by atoms with van der Waals surface area (Å²) in [4.78, 5) is 6.82. The van der Waals surface area contributed by atoms with Crippen molar-refractivity contribution in [2.75, 3.05) is 38.2 Å². The Balaban J connectivity index is 1.87. The molecule has 2 heterocycles. The highest BCUT2D eigenvalue weighted by atomic mass is 32.2. The van der Waals surface area contributed by atoms with Crippen LogP contribution in [0.25, 0.3) is 0 Å². The number of sulfone groups is 1. The molecule has 2 aliphatic heterocycles. The molecule has 0 saturated carbocycles. The molecule has 0 aromatic rings. The third-order valence-electron chi connectivity index (χ3n) is 5.21. The summed E-state index contributed by atoms with van der Waals surface area (Å²) in [5, 5.41) is 6.65. The van der Waals surface area contributed by atoms with Crippen LogP contribution in [0, 0.1) is 11.8 Å². The number of likely N-dealkylation sites (tertiary alicyclic amines) is 1. The van der Waals surface area contributed by atoms with Gasteiger partial charge in [0.25, 0.3) is 0 Å². The van der Waals surface area contributed by atoms with E-state index in [9.17, 15) is 8.42 Å². The molecule has 0 amide bonds. The summed E-state index contributed by atoms with van der Waals surface area (Å²) in [6.45, 7) is 12.2. The Labute approximate surface area is 147 Å². The van der Waals surface area contributed by atoms with Crippen LogP contribution in [0.4, 0.5) is 0 Å². The Hall–Kier alpha value is -0.820. The predicted octanol–water partition coefficient (Wildman–Crippen LogP) is 1.10. The highest BCUT2D eigenvalue weighted by Crippen LogP contribution is 2.26. The molecule has 6 nitrogen and oxygen atoms in total. The molecule has 0 aliphatic carbocycles. The molecule has 0 radical (unpaired) electrons. The topological polar surface area (TPSA) is 73.8 Å². The largest absolute Gasteiger partial charge is 0.355 e. The van der Waals surface area contributed by atoms with Crippen molar-refractivity contribution in [1.29, 1.82) is 0 Å². The van der Waals surface area contributed by atoms with Crippen LogP contribution in [-0.4, -0.2) is 69.0 Å². The number of guanidine groups is 1. The van der Waals surface area contributed by atoms with Crippen molar-refractivity contribution >= 4 is 15.8 Å². The second kappa shape index (κ2) is 7.60. The van der Waals surface area contributed by atoms with Gasteiger partial charge < -0.3 is 10.6 Å². The average molecular weight is 359 g/mol. The van der Waals surface area contributed by atoms with E-state index in [4.69, 9.17) is 0 Å². The Kier molecular flexibility index (Phi) is 6.18. The van der Waals surface area contributed by atoms with Gasteiger partial charge in [-0.2, -0.15) is 0 Å². The van der Waals surface area contributed by atoms with E-state index in [0.29, 0.717) is 12.4 Å². The third kappa shape index (κ3) is 5.34. The normalized spacial score (nSPS) is 31.9. The number of aliphatic imine (C=N–C) groups is 1. The van der Waals surface area contributed by atoms with Gasteiger partial charge >= 0.3 is 0 Å². The lowest BCUT2D eigenvalue weighted by atomic mass is 9.88. The molecule has 0 bridgehead atoms. The first-order valence-corrected chi connectivity index (χ1v) is 10.9. The van der Waals surface area contributed by atoms with E-state index in [1.165, 1.54) is 6.42 Å². The number of hydrogen-bond acceptors (Lipinski definition) is 4. The Morgan fingerprint density at radius 2 is 1.88 bits per heavy atom. The van der Waals surface area contributed by atoms with Gasteiger partial charge in [0.05, 0.1) is 11.5 Å². The van der Waals surface area contributed by atoms with E-state index in [1.54, 1.807) is 7.05 Å². The van der Waals surface area contributed by atoms with Crippen LogP contribution in [0.15, 0.2) is 4.99 Å². The van der Waals surface area contributed by atoms with Crippen molar-refractivity contribution in [3.63, 3.8) is 0 Å². The van der Waals surface area contributed by atoms with Gasteiger partial charge in [0.2, 0.25) is 0 Å². The zero-order valence-electron chi connectivity index (χ0n) is 15.8. The molecule has 7 heteroatoms. The third-order valence-corrected chi connectivity index (χ3v) is 6.98. The molecule has 140 valence electrons. The molecule has 0 aromatic carbocycles. The maximum Gasteiger partial charge on any atom is 0.191 e. The van der Waals surface area contributed by atoms with Gasteiger partial charge in [0.1, 0.15) is 0 Å². The second-order valence-corrected chi connectivity index (χ2v) is 10.6. The quantitative estimate of drug-likeness (QED) is 0.581. The fourth-order valence-electron chi connectivity index (χ4n) is 3.87. The lowest BCUT2D eigenvalue weighted by Crippen LogP contribution is -2.57. The number of nitrogens with zero attached hydrogens (tertiary/aromatic N) is 2. The van der Waals surface area contributed by atoms with E-state index in [1.807, 2.05) is 0 Å². The van der Waals surface area contributed by atoms with Gasteiger partial charge in [0.15, 0.2) is 15.8 Å². The van der Waals surface area contributed by atoms with Gasteiger partial charge in [-0.1, -0.05) is 13.8 Å². The minimum atomic E-state index is -2.88. The molecule has 2 saturated heterocycles. The van der Waals surface area contributed by atoms with Gasteiger partial charge in [-0.3, -0.25) is 9.89 Å². The predicted molar refractivity (Wildman–Crippen MR) is 100 cm³/mol. The van der Waals surface area contributed by atoms with E-state index < -0.39 is 9.84 Å². The standard InChI is InChI=1S/C17H34N4O2S/c1-13-8-14(2)10-21(9-13)17(3,4)12-19-16(18-5)20-15-6-7-24(22,23)11-15/h13-15H,6-12H2,1-5H3,(H2,18,19,20). The summed E-state index contributed by atoms with van der Waals surface area (Å²) >= 11 is 0. The monoisotopic (exact) mass is 358 g/mol. The SMILES string of the molecule is CN=C(NCC(C)(C)N1CC(C)CC(C)C1)NC1CCS(=O)(=O)C1. The second-order valence-electron chi connectivity index (χ2n) is 8.33. The first kappa shape index (κ1) is 19.5. The minimum Gasteiger partial charge on any atom is -0.355 e. The van der Waals surface area contributed by atoms with Crippen LogP contribution in [0.3, 0.4) is 0 Å². The first-order chi connectivity index (χ1) is 11.1. The molecule has 3 atom stereocenters. The van der Waals surface area contributed by atoms with E-state index in [2.05, 4.69) is 48.2 Å². The lowest BCUT2D eigenvalue weighted by Gasteiger charge is -2.45. The smallest absolute Gasteiger partial charge is 0.191 e. The van der Waals surface area contributed by atoms with E-state index >= 15 is 0 Å². The van der Waals surface area contributed by atoms with Crippen LogP contribution < -0.4 is 10.6 Å². The molecule has 2 fully saturated rings. The zero-order chi connectivity index (χ0) is 18.0. The molecule has 24 heavy (non-hydrogen) atoms. The zero-order valence-corrected chi connectivity index (χ0v) is 16.6. The fraction of sp³-hybridized carbons (Fsp3) is 0.941. The Morgan fingerprint density at radius 3 is 2.38 bits per heavy atom. The van der Waals surface area contributed by atoms with Crippen molar-refractivity contribution in [1.82, 2.24) is 15.5 Å². The molecule has 3 unspecified atom stereocenters. The van der Waals surface area contributed by atoms with Crippen LogP contribution in [-0.2, 0) is 9.84 Å². The number of piperidine rings is 1. The maximum atomic E-state index is 11.6. The summed E-state index contributed by atoms with van der Waals surface area (Å²) in [6.07, 6.45) is 1.97. The average Bonchev–Trinajstić information content (AvgIpc) is 2.81. The van der Waals surface area contributed by atoms with Crippen molar-refractivity contribution in [2.45, 2.75) is 52.1 Å². The molecule has 2 N–H and O–H groups in total. The fourth-order valence-corrected chi connectivity index (χ4v) is 5.54. The highest BCUT2D eigenvalue weighted by Gasteiger charge is 2.33. The lowest BCUT2D eigenvalue weighted by molar-refractivity contribution is 0.0483. The number of hydrogen-bond donors (Lipinski definition) is 2. The van der Waals surface area contributed by atoms with Crippen LogP contribution in [0.2, 0.25) is 0 Å². The van der Waals surface area contributed by atoms with Crippen LogP contribution in [0.1, 0.15) is 40.5 Å². The first-order valence-electron chi connectivity index (χ1n) is 9.04. The summed E-state index contributed by atoms with van der Waals surface area (Å²) in [7, 11) is -1.14. The summed E-state index contributed by atoms with van der Waals surface area (Å²) < 4.78 is 23.2. The van der Waals surface area contributed by atoms with Crippen molar-refractivity contribution < 1.29 is 8.42 Å². The highest BCUT2D eigenvalue weighted by molar-refractivity contribution is 7.91. The molecule has 2 rings (SSSR count). The molecule has 2 aliphatic rings. The van der Waals surface area contributed by atoms with E-state index in [-0.39, 0.29) is 23.1 Å². The van der Waals surface area contributed by atoms with Gasteiger partial charge in [-0.25, -0.2) is 8.42 Å². The Bertz CT molecular complexity index is 549. The van der Waals surface area contributed by atoms with Gasteiger partial charge in [0, 0.05) is 38.3 Å². The van der Waals surface area contributed by atoms with Crippen LogP contribution >= 0.6 is 0 Å². The van der Waals surface area contributed by atoms with Crippen LogP contribution in [0.5, 0.6) is 0 Å².